The number of hydrogen-bond acceptors (Lipinski definition) is 8. The summed E-state index contributed by atoms with van der Waals surface area (Å²) < 4.78 is 76.1. The van der Waals surface area contributed by atoms with Gasteiger partial charge in [-0.2, -0.15) is 0 Å². The van der Waals surface area contributed by atoms with Crippen molar-refractivity contribution in [2.45, 2.75) is 46.0 Å². The van der Waals surface area contributed by atoms with Crippen molar-refractivity contribution in [3.05, 3.63) is 71.4 Å². The highest BCUT2D eigenvalue weighted by atomic mass is 19.1. The Hall–Kier alpha value is -4.01. The lowest BCUT2D eigenvalue weighted by Crippen LogP contribution is -2.48. The number of nitrogens with one attached hydrogen (secondary N) is 1. The molecular formula is C33H40F4N4O6. The lowest BCUT2D eigenvalue weighted by Gasteiger charge is -2.42. The normalized spacial score (nSPS) is 17.0. The average molecular weight is 665 g/mol. The first-order valence-electron chi connectivity index (χ1n) is 15.1. The summed E-state index contributed by atoms with van der Waals surface area (Å²) in [4.78, 5) is 31.6. The second-order valence-electron chi connectivity index (χ2n) is 12.2. The van der Waals surface area contributed by atoms with E-state index in [2.05, 4.69) is 5.32 Å². The zero-order valence-electron chi connectivity index (χ0n) is 26.8. The minimum absolute atomic E-state index is 0.0207. The number of rotatable bonds is 15. The van der Waals surface area contributed by atoms with Crippen LogP contribution in [0.25, 0.3) is 11.3 Å². The maximum atomic E-state index is 15.1. The zero-order chi connectivity index (χ0) is 34.3. The van der Waals surface area contributed by atoms with Crippen molar-refractivity contribution < 1.29 is 46.5 Å². The fraction of sp³-hybridized carbons (Fsp3) is 0.485. The predicted molar refractivity (Wildman–Crippen MR) is 163 cm³/mol. The fourth-order valence-corrected chi connectivity index (χ4v) is 5.78. The molecule has 0 bridgehead atoms. The molecule has 1 fully saturated rings. The van der Waals surface area contributed by atoms with Gasteiger partial charge < -0.3 is 34.1 Å². The highest BCUT2D eigenvalue weighted by Gasteiger charge is 2.43. The summed E-state index contributed by atoms with van der Waals surface area (Å²) in [7, 11) is 1.42. The van der Waals surface area contributed by atoms with Crippen LogP contribution >= 0.6 is 0 Å². The molecule has 14 heteroatoms. The summed E-state index contributed by atoms with van der Waals surface area (Å²) in [5, 5.41) is 13.1. The van der Waals surface area contributed by atoms with Crippen molar-refractivity contribution in [3.8, 4) is 17.0 Å². The quantitative estimate of drug-likeness (QED) is 0.140. The van der Waals surface area contributed by atoms with Gasteiger partial charge in [0.1, 0.15) is 35.2 Å². The Labute approximate surface area is 270 Å². The molecule has 1 aliphatic heterocycles. The van der Waals surface area contributed by atoms with Crippen LogP contribution in [0.15, 0.2) is 42.6 Å². The van der Waals surface area contributed by atoms with E-state index in [1.54, 1.807) is 24.5 Å². The summed E-state index contributed by atoms with van der Waals surface area (Å²) in [6.07, 6.45) is 0.317. The van der Waals surface area contributed by atoms with Gasteiger partial charge in [0.2, 0.25) is 0 Å². The lowest BCUT2D eigenvalue weighted by molar-refractivity contribution is -0.153. The number of nitrogens with zero attached hydrogens (tertiary/aromatic N) is 3. The SMILES string of the molecule is COCOc1cc(F)cc(Cn2cc(-c3cc(F)ccc3F)nc2C(N(CC2CNCC2F)C(=O)COC(C)=O)C(C)(C)CCO)c1. The molecule has 10 nitrogen and oxygen atoms in total. The molecule has 2 aromatic carbocycles. The van der Waals surface area contributed by atoms with E-state index in [1.807, 2.05) is 0 Å². The topological polar surface area (TPSA) is 115 Å². The zero-order valence-corrected chi connectivity index (χ0v) is 26.8. The van der Waals surface area contributed by atoms with E-state index in [1.165, 1.54) is 30.3 Å². The molecule has 0 aliphatic carbocycles. The molecule has 256 valence electrons. The molecule has 4 rings (SSSR count). The molecule has 1 aliphatic rings. The number of carbonyl (C=O) groups excluding carboxylic acids is 2. The van der Waals surface area contributed by atoms with Crippen LogP contribution in [0.4, 0.5) is 17.6 Å². The Kier molecular flexibility index (Phi) is 12.0. The third-order valence-electron chi connectivity index (χ3n) is 8.10. The van der Waals surface area contributed by atoms with E-state index in [0.717, 1.165) is 25.1 Å². The number of benzene rings is 2. The van der Waals surface area contributed by atoms with E-state index in [0.29, 0.717) is 5.56 Å². The summed E-state index contributed by atoms with van der Waals surface area (Å²) in [6, 6.07) is 5.91. The fourth-order valence-electron chi connectivity index (χ4n) is 5.78. The number of esters is 1. The Balaban J connectivity index is 1.92. The van der Waals surface area contributed by atoms with Crippen molar-refractivity contribution in [1.82, 2.24) is 19.8 Å². The van der Waals surface area contributed by atoms with Gasteiger partial charge in [-0.05, 0) is 47.7 Å². The maximum Gasteiger partial charge on any atom is 0.303 e. The molecule has 47 heavy (non-hydrogen) atoms. The van der Waals surface area contributed by atoms with Gasteiger partial charge in [0.15, 0.2) is 13.4 Å². The number of halogens is 4. The first-order chi connectivity index (χ1) is 22.3. The van der Waals surface area contributed by atoms with Gasteiger partial charge in [0.05, 0.1) is 11.7 Å². The van der Waals surface area contributed by atoms with E-state index >= 15 is 4.39 Å². The van der Waals surface area contributed by atoms with Crippen LogP contribution in [-0.2, 0) is 25.6 Å². The first kappa shape index (κ1) is 35.8. The van der Waals surface area contributed by atoms with Crippen LogP contribution in [0.3, 0.4) is 0 Å². The number of ether oxygens (including phenoxy) is 3. The molecule has 2 N–H and O–H groups in total. The number of aliphatic hydroxyl groups is 1. The number of aromatic nitrogens is 2. The lowest BCUT2D eigenvalue weighted by atomic mass is 9.79. The van der Waals surface area contributed by atoms with Gasteiger partial charge in [0, 0.05) is 70.6 Å². The molecule has 0 saturated carbocycles. The second kappa shape index (κ2) is 15.7. The number of alkyl halides is 1. The Morgan fingerprint density at radius 3 is 2.57 bits per heavy atom. The summed E-state index contributed by atoms with van der Waals surface area (Å²) in [5.74, 6) is -3.69. The molecule has 3 atom stereocenters. The Bertz CT molecular complexity index is 1550. The van der Waals surface area contributed by atoms with Crippen molar-refractivity contribution >= 4 is 11.9 Å². The van der Waals surface area contributed by atoms with Gasteiger partial charge in [0.25, 0.3) is 5.91 Å². The van der Waals surface area contributed by atoms with Crippen molar-refractivity contribution in [2.24, 2.45) is 11.3 Å². The van der Waals surface area contributed by atoms with Crippen molar-refractivity contribution in [2.75, 3.05) is 46.8 Å². The predicted octanol–water partition coefficient (Wildman–Crippen LogP) is 4.40. The largest absolute Gasteiger partial charge is 0.467 e. The molecule has 1 saturated heterocycles. The third kappa shape index (κ3) is 9.08. The van der Waals surface area contributed by atoms with E-state index in [-0.39, 0.29) is 68.8 Å². The van der Waals surface area contributed by atoms with Crippen LogP contribution in [-0.4, -0.2) is 84.4 Å². The van der Waals surface area contributed by atoms with E-state index in [9.17, 15) is 27.9 Å². The minimum atomic E-state index is -1.28. The maximum absolute atomic E-state index is 15.1. The number of hydrogen-bond donors (Lipinski definition) is 2. The van der Waals surface area contributed by atoms with Gasteiger partial charge in [-0.25, -0.2) is 22.5 Å². The number of imidazole rings is 1. The molecule has 3 aromatic rings. The van der Waals surface area contributed by atoms with E-state index in [4.69, 9.17) is 19.2 Å². The minimum Gasteiger partial charge on any atom is -0.467 e. The molecular weight excluding hydrogens is 624 g/mol. The van der Waals surface area contributed by atoms with Gasteiger partial charge in [-0.15, -0.1) is 0 Å². The smallest absolute Gasteiger partial charge is 0.303 e. The Morgan fingerprint density at radius 1 is 1.15 bits per heavy atom. The van der Waals surface area contributed by atoms with Crippen LogP contribution in [0.5, 0.6) is 5.75 Å². The van der Waals surface area contributed by atoms with Gasteiger partial charge in [-0.3, -0.25) is 9.59 Å². The Morgan fingerprint density at radius 2 is 1.91 bits per heavy atom. The van der Waals surface area contributed by atoms with Gasteiger partial charge >= 0.3 is 5.97 Å². The van der Waals surface area contributed by atoms with E-state index < -0.39 is 59.5 Å². The number of amides is 1. The van der Waals surface area contributed by atoms with Gasteiger partial charge in [-0.1, -0.05) is 13.8 Å². The van der Waals surface area contributed by atoms with Crippen molar-refractivity contribution in [3.63, 3.8) is 0 Å². The monoisotopic (exact) mass is 664 g/mol. The molecule has 1 aromatic heterocycles. The molecule has 1 amide bonds. The van der Waals surface area contributed by atoms with Crippen LogP contribution in [0.1, 0.15) is 44.6 Å². The van der Waals surface area contributed by atoms with Crippen molar-refractivity contribution in [1.29, 1.82) is 0 Å². The molecule has 2 heterocycles. The molecule has 0 radical (unpaired) electrons. The highest BCUT2D eigenvalue weighted by molar-refractivity contribution is 5.80. The summed E-state index contributed by atoms with van der Waals surface area (Å²) >= 11 is 0. The number of carbonyl (C=O) groups is 2. The summed E-state index contributed by atoms with van der Waals surface area (Å²) in [6.45, 7) is 3.83. The molecule has 0 spiro atoms. The summed E-state index contributed by atoms with van der Waals surface area (Å²) in [5.41, 5.74) is -0.698. The van der Waals surface area contributed by atoms with Crippen LogP contribution in [0.2, 0.25) is 0 Å². The standard InChI is InChI=1S/C33H40F4N4O6/c1-20(43)46-18-30(44)41(16-22-13-38-14-28(22)37)31(33(2,3)7-8-42)32-39-29(26-12-23(34)5-6-27(26)36)17-40(32)15-21-9-24(35)11-25(10-21)47-19-45-4/h5-6,9-12,17,22,28,31,38,42H,7-8,13-16,18-19H2,1-4H3. The highest BCUT2D eigenvalue weighted by Crippen LogP contribution is 2.43. The number of aliphatic hydroxyl groups excluding tert-OH is 1. The average Bonchev–Trinajstić information content (AvgIpc) is 3.60. The number of methoxy groups -OCH3 is 1. The van der Waals surface area contributed by atoms with Crippen LogP contribution < -0.4 is 10.1 Å². The first-order valence-corrected chi connectivity index (χ1v) is 15.1. The second-order valence-corrected chi connectivity index (χ2v) is 12.2. The third-order valence-corrected chi connectivity index (χ3v) is 8.10. The molecule has 3 unspecified atom stereocenters. The van der Waals surface area contributed by atoms with Crippen LogP contribution in [0, 0.1) is 28.8 Å².